The largest absolute Gasteiger partial charge is 0.456 e. The van der Waals surface area contributed by atoms with Crippen molar-refractivity contribution >= 4 is 21.8 Å². The Hall–Kier alpha value is -2.51. The third-order valence-electron chi connectivity index (χ3n) is 4.52. The van der Waals surface area contributed by atoms with E-state index in [1.54, 1.807) is 24.3 Å². The second-order valence-electron chi connectivity index (χ2n) is 7.99. The van der Waals surface area contributed by atoms with Gasteiger partial charge >= 0.3 is 5.97 Å². The average Bonchev–Trinajstić information content (AvgIpc) is 2.65. The zero-order valence-electron chi connectivity index (χ0n) is 17.4. The van der Waals surface area contributed by atoms with Crippen LogP contribution in [0.4, 0.5) is 0 Å². The van der Waals surface area contributed by atoms with Gasteiger partial charge in [0.1, 0.15) is 6.54 Å². The van der Waals surface area contributed by atoms with Crippen LogP contribution in [-0.4, -0.2) is 44.7 Å². The Morgan fingerprint density at radius 2 is 1.52 bits per heavy atom. The van der Waals surface area contributed by atoms with Crippen molar-refractivity contribution in [1.29, 1.82) is 0 Å². The highest BCUT2D eigenvalue weighted by Gasteiger charge is 2.24. The molecular weight excluding hydrogens is 390 g/mol. The van der Waals surface area contributed by atoms with Crippen LogP contribution in [0.2, 0.25) is 0 Å². The van der Waals surface area contributed by atoms with Crippen LogP contribution in [0.1, 0.15) is 42.3 Å². The van der Waals surface area contributed by atoms with E-state index in [-0.39, 0.29) is 16.1 Å². The number of hydrogen-bond acceptors (Lipinski definition) is 5. The van der Waals surface area contributed by atoms with Crippen LogP contribution in [0.3, 0.4) is 0 Å². The molecule has 2 aromatic rings. The molecule has 0 bridgehead atoms. The zero-order valence-corrected chi connectivity index (χ0v) is 18.2. The van der Waals surface area contributed by atoms with Gasteiger partial charge in [0.05, 0.1) is 4.90 Å². The number of ketones is 1. The molecule has 7 heteroatoms. The summed E-state index contributed by atoms with van der Waals surface area (Å²) in [6.45, 7) is 7.16. The Morgan fingerprint density at radius 1 is 0.966 bits per heavy atom. The number of carbonyl (C=O) groups excluding carboxylic acids is 2. The van der Waals surface area contributed by atoms with E-state index in [2.05, 4.69) is 20.8 Å². The van der Waals surface area contributed by atoms with Gasteiger partial charge in [0.15, 0.2) is 12.4 Å². The summed E-state index contributed by atoms with van der Waals surface area (Å²) in [6, 6.07) is 13.5. The summed E-state index contributed by atoms with van der Waals surface area (Å²) in [5.41, 5.74) is 2.43. The first kappa shape index (κ1) is 22.8. The first-order chi connectivity index (χ1) is 13.4. The molecule has 0 fully saturated rings. The summed E-state index contributed by atoms with van der Waals surface area (Å²) < 4.78 is 30.9. The number of carbonyl (C=O) groups is 2. The van der Waals surface area contributed by atoms with E-state index in [1.165, 1.54) is 19.2 Å². The summed E-state index contributed by atoms with van der Waals surface area (Å²) in [5, 5.41) is 0. The molecule has 2 rings (SSSR count). The Balaban J connectivity index is 1.93. The van der Waals surface area contributed by atoms with Crippen LogP contribution in [0.5, 0.6) is 0 Å². The monoisotopic (exact) mass is 417 g/mol. The maximum atomic E-state index is 12.5. The highest BCUT2D eigenvalue weighted by Crippen LogP contribution is 2.22. The molecule has 0 unspecified atom stereocenters. The number of likely N-dealkylation sites (N-methyl/N-ethyl adjacent to an activating group) is 1. The summed E-state index contributed by atoms with van der Waals surface area (Å²) in [4.78, 5) is 24.4. The molecule has 0 atom stereocenters. The normalized spacial score (nSPS) is 12.1. The molecule has 0 amide bonds. The van der Waals surface area contributed by atoms with Gasteiger partial charge in [-0.05, 0) is 30.0 Å². The van der Waals surface area contributed by atoms with E-state index in [4.69, 9.17) is 4.74 Å². The minimum absolute atomic E-state index is 0.0262. The van der Waals surface area contributed by atoms with Crippen molar-refractivity contribution < 1.29 is 22.7 Å². The second kappa shape index (κ2) is 8.88. The molecule has 156 valence electrons. The minimum atomic E-state index is -3.81. The molecule has 0 saturated carbocycles. The smallest absolute Gasteiger partial charge is 0.321 e. The van der Waals surface area contributed by atoms with Gasteiger partial charge in [0.25, 0.3) is 0 Å². The van der Waals surface area contributed by atoms with Crippen LogP contribution in [0.25, 0.3) is 0 Å². The van der Waals surface area contributed by atoms with Crippen LogP contribution in [0, 0.1) is 6.92 Å². The van der Waals surface area contributed by atoms with Crippen molar-refractivity contribution in [3.8, 4) is 0 Å². The van der Waals surface area contributed by atoms with Crippen molar-refractivity contribution in [2.45, 2.75) is 38.0 Å². The van der Waals surface area contributed by atoms with Gasteiger partial charge in [-0.15, -0.1) is 0 Å². The van der Waals surface area contributed by atoms with Crippen LogP contribution >= 0.6 is 0 Å². The molecular formula is C22H27NO5S. The first-order valence-corrected chi connectivity index (χ1v) is 10.7. The predicted molar refractivity (Wildman–Crippen MR) is 111 cm³/mol. The number of esters is 1. The molecule has 6 nitrogen and oxygen atoms in total. The van der Waals surface area contributed by atoms with Crippen molar-refractivity contribution in [3.63, 3.8) is 0 Å². The number of sulfonamides is 1. The zero-order chi connectivity index (χ0) is 21.8. The molecule has 29 heavy (non-hydrogen) atoms. The molecule has 0 radical (unpaired) electrons. The fourth-order valence-electron chi connectivity index (χ4n) is 2.59. The van der Waals surface area contributed by atoms with Gasteiger partial charge in [-0.1, -0.05) is 62.7 Å². The van der Waals surface area contributed by atoms with Crippen LogP contribution in [0.15, 0.2) is 53.4 Å². The molecule has 2 aromatic carbocycles. The van der Waals surface area contributed by atoms with E-state index < -0.39 is 29.1 Å². The van der Waals surface area contributed by atoms with E-state index in [0.29, 0.717) is 5.56 Å². The van der Waals surface area contributed by atoms with Crippen molar-refractivity contribution in [2.75, 3.05) is 20.2 Å². The van der Waals surface area contributed by atoms with Crippen LogP contribution < -0.4 is 0 Å². The number of benzene rings is 2. The summed E-state index contributed by atoms with van der Waals surface area (Å²) in [5.74, 6) is -1.13. The number of rotatable bonds is 7. The maximum absolute atomic E-state index is 12.5. The van der Waals surface area contributed by atoms with Gasteiger partial charge in [-0.3, -0.25) is 9.59 Å². The molecule has 0 aliphatic heterocycles. The topological polar surface area (TPSA) is 80.8 Å². The lowest BCUT2D eigenvalue weighted by molar-refractivity contribution is -0.142. The maximum Gasteiger partial charge on any atom is 0.321 e. The standard InChI is InChI=1S/C22H27NO5S/c1-16-6-12-19(13-7-16)29(26,27)23(5)14-21(25)28-15-20(24)17-8-10-18(11-9-17)22(2,3)4/h6-13H,14-15H2,1-5H3. The van der Waals surface area contributed by atoms with E-state index in [0.717, 1.165) is 15.4 Å². The summed E-state index contributed by atoms with van der Waals surface area (Å²) in [7, 11) is -2.52. The third kappa shape index (κ3) is 5.98. The highest BCUT2D eigenvalue weighted by atomic mass is 32.2. The number of aryl methyl sites for hydroxylation is 1. The van der Waals surface area contributed by atoms with Gasteiger partial charge in [0.2, 0.25) is 10.0 Å². The molecule has 0 heterocycles. The molecule has 0 saturated heterocycles. The van der Waals surface area contributed by atoms with E-state index >= 15 is 0 Å². The van der Waals surface area contributed by atoms with E-state index in [1.807, 2.05) is 19.1 Å². The molecule has 0 aromatic heterocycles. The highest BCUT2D eigenvalue weighted by molar-refractivity contribution is 7.89. The minimum Gasteiger partial charge on any atom is -0.456 e. The Labute approximate surface area is 172 Å². The average molecular weight is 418 g/mol. The summed E-state index contributed by atoms with van der Waals surface area (Å²) >= 11 is 0. The predicted octanol–water partition coefficient (Wildman–Crippen LogP) is 3.34. The fourth-order valence-corrected chi connectivity index (χ4v) is 3.70. The van der Waals surface area contributed by atoms with Crippen LogP contribution in [-0.2, 0) is 25.0 Å². The van der Waals surface area contributed by atoms with Gasteiger partial charge in [-0.2, -0.15) is 4.31 Å². The van der Waals surface area contributed by atoms with Gasteiger partial charge in [-0.25, -0.2) is 8.42 Å². The number of nitrogens with zero attached hydrogens (tertiary/aromatic N) is 1. The molecule has 0 aliphatic rings. The fraction of sp³-hybridized carbons (Fsp3) is 0.364. The number of ether oxygens (including phenoxy) is 1. The Morgan fingerprint density at radius 3 is 2.03 bits per heavy atom. The summed E-state index contributed by atoms with van der Waals surface area (Å²) in [6.07, 6.45) is 0. The van der Waals surface area contributed by atoms with Gasteiger partial charge in [0, 0.05) is 12.6 Å². The molecule has 0 spiro atoms. The third-order valence-corrected chi connectivity index (χ3v) is 6.34. The lowest BCUT2D eigenvalue weighted by Crippen LogP contribution is -2.33. The first-order valence-electron chi connectivity index (χ1n) is 9.23. The van der Waals surface area contributed by atoms with Crippen molar-refractivity contribution in [2.24, 2.45) is 0 Å². The Kier molecular flexibility index (Phi) is 6.97. The van der Waals surface area contributed by atoms with Crippen molar-refractivity contribution in [3.05, 3.63) is 65.2 Å². The van der Waals surface area contributed by atoms with E-state index in [9.17, 15) is 18.0 Å². The molecule has 0 aliphatic carbocycles. The van der Waals surface area contributed by atoms with Crippen molar-refractivity contribution in [1.82, 2.24) is 4.31 Å². The lowest BCUT2D eigenvalue weighted by atomic mass is 9.86. The van der Waals surface area contributed by atoms with Gasteiger partial charge < -0.3 is 4.74 Å². The number of hydrogen-bond donors (Lipinski definition) is 0. The number of Topliss-reactive ketones (excluding diaryl/α,β-unsaturated/α-hetero) is 1. The SMILES string of the molecule is Cc1ccc(S(=O)(=O)N(C)CC(=O)OCC(=O)c2ccc(C(C)(C)C)cc2)cc1. The lowest BCUT2D eigenvalue weighted by Gasteiger charge is -2.19. The quantitative estimate of drug-likeness (QED) is 0.510. The Bertz CT molecular complexity index is 971. The second-order valence-corrected chi connectivity index (χ2v) is 10.0. The molecule has 0 N–H and O–H groups in total.